The van der Waals surface area contributed by atoms with Crippen LogP contribution >= 0.6 is 0 Å². The van der Waals surface area contributed by atoms with Crippen LogP contribution in [0.1, 0.15) is 16.2 Å². The standard InChI is InChI=1S/C15H11FN4O4S/c16-11-1-3-12(4-2-11)25(23,24)20-6-5-10(8-20)13(21)7-14(22)15-17-9-18-19-15/h1-9,22H,(H,17,18,19). The number of hydrogen-bond acceptors (Lipinski definition) is 6. The van der Waals surface area contributed by atoms with Gasteiger partial charge in [-0.05, 0) is 30.3 Å². The van der Waals surface area contributed by atoms with Crippen LogP contribution in [0, 0.1) is 5.82 Å². The number of halogens is 1. The van der Waals surface area contributed by atoms with Gasteiger partial charge in [0.2, 0.25) is 5.82 Å². The molecular formula is C15H11FN4O4S. The molecule has 0 aliphatic rings. The third-order valence-electron chi connectivity index (χ3n) is 3.25. The zero-order valence-corrected chi connectivity index (χ0v) is 13.3. The lowest BCUT2D eigenvalue weighted by molar-refractivity contribution is 0.104. The van der Waals surface area contributed by atoms with Gasteiger partial charge in [-0.25, -0.2) is 21.8 Å². The van der Waals surface area contributed by atoms with Crippen LogP contribution in [-0.2, 0) is 10.0 Å². The zero-order chi connectivity index (χ0) is 18.0. The Hall–Kier alpha value is -3.27. The van der Waals surface area contributed by atoms with Gasteiger partial charge < -0.3 is 5.11 Å². The van der Waals surface area contributed by atoms with Crippen LogP contribution in [0.2, 0.25) is 0 Å². The first-order chi connectivity index (χ1) is 11.9. The molecule has 0 atom stereocenters. The summed E-state index contributed by atoms with van der Waals surface area (Å²) in [6.45, 7) is 0. The molecule has 8 nitrogen and oxygen atoms in total. The summed E-state index contributed by atoms with van der Waals surface area (Å²) < 4.78 is 38.6. The van der Waals surface area contributed by atoms with Crippen molar-refractivity contribution in [2.75, 3.05) is 0 Å². The topological polar surface area (TPSA) is 118 Å². The average molecular weight is 362 g/mol. The van der Waals surface area contributed by atoms with Gasteiger partial charge >= 0.3 is 0 Å². The molecule has 0 amide bonds. The fraction of sp³-hybridized carbons (Fsp3) is 0. The van der Waals surface area contributed by atoms with Crippen LogP contribution in [0.15, 0.2) is 60.0 Å². The number of hydrogen-bond donors (Lipinski definition) is 2. The molecule has 1 aromatic carbocycles. The van der Waals surface area contributed by atoms with Crippen LogP contribution in [0.5, 0.6) is 0 Å². The van der Waals surface area contributed by atoms with E-state index in [0.717, 1.165) is 40.5 Å². The summed E-state index contributed by atoms with van der Waals surface area (Å²) in [6.07, 6.45) is 4.40. The van der Waals surface area contributed by atoms with Gasteiger partial charge in [-0.1, -0.05) is 0 Å². The number of aliphatic hydroxyl groups excluding tert-OH is 1. The van der Waals surface area contributed by atoms with Crippen molar-refractivity contribution in [2.45, 2.75) is 4.90 Å². The summed E-state index contributed by atoms with van der Waals surface area (Å²) in [7, 11) is -3.96. The summed E-state index contributed by atoms with van der Waals surface area (Å²) in [4.78, 5) is 15.7. The summed E-state index contributed by atoms with van der Waals surface area (Å²) in [5.41, 5.74) is 0.0350. The highest BCUT2D eigenvalue weighted by Gasteiger charge is 2.18. The van der Waals surface area contributed by atoms with E-state index < -0.39 is 27.4 Å². The van der Waals surface area contributed by atoms with Gasteiger partial charge in [-0.3, -0.25) is 9.89 Å². The van der Waals surface area contributed by atoms with Crippen molar-refractivity contribution in [3.63, 3.8) is 0 Å². The number of aliphatic hydroxyl groups is 1. The van der Waals surface area contributed by atoms with Gasteiger partial charge in [0.1, 0.15) is 12.1 Å². The lowest BCUT2D eigenvalue weighted by Crippen LogP contribution is -2.11. The quantitative estimate of drug-likeness (QED) is 0.406. The average Bonchev–Trinajstić information content (AvgIpc) is 3.27. The maximum atomic E-state index is 12.9. The number of benzene rings is 1. The number of H-pyrrole nitrogens is 1. The van der Waals surface area contributed by atoms with Gasteiger partial charge in [0.15, 0.2) is 11.5 Å². The summed E-state index contributed by atoms with van der Waals surface area (Å²) >= 11 is 0. The van der Waals surface area contributed by atoms with E-state index >= 15 is 0 Å². The monoisotopic (exact) mass is 362 g/mol. The van der Waals surface area contributed by atoms with Crippen molar-refractivity contribution in [3.05, 3.63) is 72.3 Å². The van der Waals surface area contributed by atoms with E-state index in [-0.39, 0.29) is 16.3 Å². The van der Waals surface area contributed by atoms with Crippen LogP contribution < -0.4 is 0 Å². The number of carbonyl (C=O) groups is 1. The van der Waals surface area contributed by atoms with Gasteiger partial charge in [-0.15, -0.1) is 0 Å². The molecule has 3 aromatic rings. The Labute approximate surface area is 141 Å². The normalized spacial score (nSPS) is 12.3. The second-order valence-electron chi connectivity index (χ2n) is 4.91. The highest BCUT2D eigenvalue weighted by Crippen LogP contribution is 2.17. The van der Waals surface area contributed by atoms with Gasteiger partial charge in [-0.2, -0.15) is 5.10 Å². The molecule has 2 N–H and O–H groups in total. The highest BCUT2D eigenvalue weighted by atomic mass is 32.2. The van der Waals surface area contributed by atoms with E-state index in [1.165, 1.54) is 18.6 Å². The van der Waals surface area contributed by atoms with Crippen LogP contribution in [0.25, 0.3) is 5.76 Å². The molecule has 2 heterocycles. The largest absolute Gasteiger partial charge is 0.504 e. The lowest BCUT2D eigenvalue weighted by atomic mass is 10.2. The Morgan fingerprint density at radius 3 is 2.60 bits per heavy atom. The van der Waals surface area contributed by atoms with Gasteiger partial charge in [0.05, 0.1) is 4.90 Å². The molecule has 2 aromatic heterocycles. The van der Waals surface area contributed by atoms with Crippen molar-refractivity contribution in [1.29, 1.82) is 0 Å². The molecule has 0 radical (unpaired) electrons. The Morgan fingerprint density at radius 1 is 1.24 bits per heavy atom. The predicted octanol–water partition coefficient (Wildman–Crippen LogP) is 1.76. The Kier molecular flexibility index (Phi) is 4.19. The summed E-state index contributed by atoms with van der Waals surface area (Å²) in [5.74, 6) is -1.71. The van der Waals surface area contributed by atoms with E-state index in [0.29, 0.717) is 0 Å². The number of nitrogens with one attached hydrogen (secondary N) is 1. The van der Waals surface area contributed by atoms with E-state index in [4.69, 9.17) is 0 Å². The molecule has 0 saturated carbocycles. The number of ketones is 1. The van der Waals surface area contributed by atoms with Gasteiger partial charge in [0, 0.05) is 24.0 Å². The molecule has 10 heteroatoms. The Bertz CT molecular complexity index is 1040. The number of aromatic nitrogens is 4. The molecule has 0 spiro atoms. The van der Waals surface area contributed by atoms with E-state index in [2.05, 4.69) is 15.2 Å². The Balaban J connectivity index is 1.88. The molecule has 25 heavy (non-hydrogen) atoms. The van der Waals surface area contributed by atoms with E-state index in [9.17, 15) is 22.7 Å². The van der Waals surface area contributed by atoms with E-state index in [1.54, 1.807) is 0 Å². The first-order valence-corrected chi connectivity index (χ1v) is 8.32. The summed E-state index contributed by atoms with van der Waals surface area (Å²) in [5, 5.41) is 15.7. The molecule has 3 rings (SSSR count). The van der Waals surface area contributed by atoms with Crippen molar-refractivity contribution in [1.82, 2.24) is 19.2 Å². The molecule has 0 aliphatic heterocycles. The van der Waals surface area contributed by atoms with Crippen molar-refractivity contribution in [3.8, 4) is 0 Å². The third-order valence-corrected chi connectivity index (χ3v) is 4.90. The number of nitrogens with zero attached hydrogens (tertiary/aromatic N) is 3. The lowest BCUT2D eigenvalue weighted by Gasteiger charge is -2.05. The highest BCUT2D eigenvalue weighted by molar-refractivity contribution is 7.90. The SMILES string of the molecule is O=C(C=C(O)c1nc[nH]n1)c1ccn(S(=O)(=O)c2ccc(F)cc2)c1. The summed E-state index contributed by atoms with van der Waals surface area (Å²) in [6, 6.07) is 5.59. The minimum atomic E-state index is -3.96. The molecule has 0 unspecified atom stereocenters. The fourth-order valence-corrected chi connectivity index (χ4v) is 3.20. The van der Waals surface area contributed by atoms with E-state index in [1.807, 2.05) is 0 Å². The maximum Gasteiger partial charge on any atom is 0.267 e. The molecule has 128 valence electrons. The van der Waals surface area contributed by atoms with Crippen LogP contribution in [-0.4, -0.2) is 38.5 Å². The molecule has 0 bridgehead atoms. The number of rotatable bonds is 5. The zero-order valence-electron chi connectivity index (χ0n) is 12.5. The predicted molar refractivity (Wildman–Crippen MR) is 84.7 cm³/mol. The smallest absolute Gasteiger partial charge is 0.267 e. The Morgan fingerprint density at radius 2 is 1.96 bits per heavy atom. The first-order valence-electron chi connectivity index (χ1n) is 6.88. The number of allylic oxidation sites excluding steroid dienone is 1. The minimum absolute atomic E-state index is 0.0350. The fourth-order valence-electron chi connectivity index (χ4n) is 2.00. The molecular weight excluding hydrogens is 351 g/mol. The second kappa shape index (κ2) is 6.32. The maximum absolute atomic E-state index is 12.9. The van der Waals surface area contributed by atoms with Crippen molar-refractivity contribution < 1.29 is 22.7 Å². The molecule has 0 aliphatic carbocycles. The number of aromatic amines is 1. The minimum Gasteiger partial charge on any atom is -0.504 e. The van der Waals surface area contributed by atoms with Crippen molar-refractivity contribution in [2.24, 2.45) is 0 Å². The number of carbonyl (C=O) groups excluding carboxylic acids is 1. The van der Waals surface area contributed by atoms with Crippen LogP contribution in [0.3, 0.4) is 0 Å². The van der Waals surface area contributed by atoms with Crippen LogP contribution in [0.4, 0.5) is 4.39 Å². The molecule has 0 fully saturated rings. The van der Waals surface area contributed by atoms with Gasteiger partial charge in [0.25, 0.3) is 10.0 Å². The first kappa shape index (κ1) is 16.6. The van der Waals surface area contributed by atoms with Crippen molar-refractivity contribution >= 4 is 21.6 Å². The molecule has 0 saturated heterocycles. The second-order valence-corrected chi connectivity index (χ2v) is 6.75. The third kappa shape index (κ3) is 3.33.